The van der Waals surface area contributed by atoms with Crippen molar-refractivity contribution in [1.82, 2.24) is 25.3 Å². The summed E-state index contributed by atoms with van der Waals surface area (Å²) < 4.78 is 12.8. The van der Waals surface area contributed by atoms with E-state index < -0.39 is 0 Å². The molecule has 1 unspecified atom stereocenters. The van der Waals surface area contributed by atoms with Crippen molar-refractivity contribution in [2.75, 3.05) is 34.4 Å². The topological polar surface area (TPSA) is 75.9 Å². The molecule has 1 aromatic carbocycles. The van der Waals surface area contributed by atoms with E-state index in [-0.39, 0.29) is 24.0 Å². The Labute approximate surface area is 215 Å². The normalized spacial score (nSPS) is 16.4. The lowest BCUT2D eigenvalue weighted by Crippen LogP contribution is -2.44. The molecule has 0 aliphatic carbocycles. The average molecular weight is 571 g/mol. The lowest BCUT2D eigenvalue weighted by Gasteiger charge is -2.19. The van der Waals surface area contributed by atoms with Crippen LogP contribution in [0.5, 0.6) is 11.5 Å². The van der Waals surface area contributed by atoms with Crippen LogP contribution in [0.2, 0.25) is 0 Å². The third-order valence-electron chi connectivity index (χ3n) is 6.11. The molecular formula is C24H39IN6O2. The van der Waals surface area contributed by atoms with Gasteiger partial charge in [-0.1, -0.05) is 13.8 Å². The van der Waals surface area contributed by atoms with Gasteiger partial charge < -0.3 is 20.1 Å². The summed E-state index contributed by atoms with van der Waals surface area (Å²) in [7, 11) is 7.23. The molecule has 184 valence electrons. The molecule has 1 atom stereocenters. The van der Waals surface area contributed by atoms with Gasteiger partial charge in [0.25, 0.3) is 0 Å². The van der Waals surface area contributed by atoms with Crippen LogP contribution in [0.4, 0.5) is 0 Å². The maximum Gasteiger partial charge on any atom is 0.191 e. The summed E-state index contributed by atoms with van der Waals surface area (Å²) in [6.45, 7) is 7.94. The second-order valence-corrected chi connectivity index (χ2v) is 8.21. The lowest BCUT2D eigenvalue weighted by molar-refractivity contribution is 0.321. The standard InChI is InChI=1S/C24H38N6O2.HI/c1-7-22-21(23(8-2)29(4)28-22)14-26-24(25-3)27-18-9-10-30(16-18)15-17-11-19(31-5)13-20(12-17)32-6;/h11-13,18H,7-10,14-16H2,1-6H3,(H2,25,26,27);1H. The van der Waals surface area contributed by atoms with Crippen molar-refractivity contribution in [1.29, 1.82) is 0 Å². The molecule has 1 aliphatic rings. The minimum atomic E-state index is 0. The first kappa shape index (κ1) is 27.2. The Morgan fingerprint density at radius 2 is 1.85 bits per heavy atom. The molecule has 0 amide bonds. The van der Waals surface area contributed by atoms with Crippen LogP contribution in [0.3, 0.4) is 0 Å². The summed E-state index contributed by atoms with van der Waals surface area (Å²) in [5, 5.41) is 11.8. The quantitative estimate of drug-likeness (QED) is 0.274. The van der Waals surface area contributed by atoms with Gasteiger partial charge in [0.1, 0.15) is 11.5 Å². The molecule has 9 heteroatoms. The van der Waals surface area contributed by atoms with E-state index in [9.17, 15) is 0 Å². The molecular weight excluding hydrogens is 531 g/mol. The molecule has 1 aromatic heterocycles. The molecule has 0 bridgehead atoms. The second kappa shape index (κ2) is 13.0. The highest BCUT2D eigenvalue weighted by atomic mass is 127. The molecule has 2 N–H and O–H groups in total. The maximum atomic E-state index is 5.41. The minimum Gasteiger partial charge on any atom is -0.497 e. The number of nitrogens with zero attached hydrogens (tertiary/aromatic N) is 4. The molecule has 2 heterocycles. The van der Waals surface area contributed by atoms with Crippen molar-refractivity contribution in [2.45, 2.75) is 52.2 Å². The van der Waals surface area contributed by atoms with Crippen LogP contribution in [0, 0.1) is 0 Å². The third-order valence-corrected chi connectivity index (χ3v) is 6.11. The van der Waals surface area contributed by atoms with E-state index in [1.54, 1.807) is 14.2 Å². The Kier molecular flexibility index (Phi) is 10.7. The van der Waals surface area contributed by atoms with E-state index in [4.69, 9.17) is 9.47 Å². The van der Waals surface area contributed by atoms with E-state index in [0.717, 1.165) is 68.6 Å². The Morgan fingerprint density at radius 3 is 2.42 bits per heavy atom. The van der Waals surface area contributed by atoms with Gasteiger partial charge in [-0.25, -0.2) is 0 Å². The summed E-state index contributed by atoms with van der Waals surface area (Å²) in [6.07, 6.45) is 2.98. The van der Waals surface area contributed by atoms with Gasteiger partial charge in [-0.05, 0) is 37.0 Å². The number of methoxy groups -OCH3 is 2. The fraction of sp³-hybridized carbons (Fsp3) is 0.583. The largest absolute Gasteiger partial charge is 0.497 e. The number of benzene rings is 1. The van der Waals surface area contributed by atoms with E-state index in [1.807, 2.05) is 24.8 Å². The summed E-state index contributed by atoms with van der Waals surface area (Å²) in [5.41, 5.74) is 4.93. The van der Waals surface area contributed by atoms with Crippen LogP contribution in [0.25, 0.3) is 0 Å². The predicted octanol–water partition coefficient (Wildman–Crippen LogP) is 3.12. The van der Waals surface area contributed by atoms with Gasteiger partial charge in [0.05, 0.1) is 19.9 Å². The summed E-state index contributed by atoms with van der Waals surface area (Å²) >= 11 is 0. The van der Waals surface area contributed by atoms with Crippen molar-refractivity contribution >= 4 is 29.9 Å². The van der Waals surface area contributed by atoms with Gasteiger partial charge in [-0.15, -0.1) is 24.0 Å². The summed E-state index contributed by atoms with van der Waals surface area (Å²) in [5.74, 6) is 2.49. The van der Waals surface area contributed by atoms with E-state index in [2.05, 4.69) is 51.6 Å². The van der Waals surface area contributed by atoms with Gasteiger partial charge in [0.15, 0.2) is 5.96 Å². The van der Waals surface area contributed by atoms with Crippen molar-refractivity contribution in [3.63, 3.8) is 0 Å². The number of hydrogen-bond acceptors (Lipinski definition) is 5. The molecule has 0 saturated carbocycles. The molecule has 33 heavy (non-hydrogen) atoms. The lowest BCUT2D eigenvalue weighted by atomic mass is 10.1. The molecule has 3 rings (SSSR count). The second-order valence-electron chi connectivity index (χ2n) is 8.21. The van der Waals surface area contributed by atoms with Crippen molar-refractivity contribution in [2.24, 2.45) is 12.0 Å². The Hall–Kier alpha value is -2.01. The van der Waals surface area contributed by atoms with Crippen molar-refractivity contribution in [3.8, 4) is 11.5 Å². The zero-order valence-corrected chi connectivity index (χ0v) is 23.1. The van der Waals surface area contributed by atoms with Gasteiger partial charge in [0.2, 0.25) is 0 Å². The first-order chi connectivity index (χ1) is 15.5. The first-order valence-corrected chi connectivity index (χ1v) is 11.5. The fourth-order valence-electron chi connectivity index (χ4n) is 4.46. The predicted molar refractivity (Wildman–Crippen MR) is 144 cm³/mol. The molecule has 0 spiro atoms. The highest BCUT2D eigenvalue weighted by Gasteiger charge is 2.24. The highest BCUT2D eigenvalue weighted by Crippen LogP contribution is 2.24. The zero-order chi connectivity index (χ0) is 23.1. The van der Waals surface area contributed by atoms with Crippen LogP contribution < -0.4 is 20.1 Å². The maximum absolute atomic E-state index is 5.41. The van der Waals surface area contributed by atoms with Crippen LogP contribution >= 0.6 is 24.0 Å². The van der Waals surface area contributed by atoms with Gasteiger partial charge in [-0.3, -0.25) is 14.6 Å². The summed E-state index contributed by atoms with van der Waals surface area (Å²) in [4.78, 5) is 6.90. The van der Waals surface area contributed by atoms with Crippen LogP contribution in [-0.4, -0.2) is 61.0 Å². The Bertz CT molecular complexity index is 908. The zero-order valence-electron chi connectivity index (χ0n) is 20.8. The minimum absolute atomic E-state index is 0. The van der Waals surface area contributed by atoms with Crippen LogP contribution in [0.15, 0.2) is 23.2 Å². The Morgan fingerprint density at radius 1 is 1.15 bits per heavy atom. The number of guanidine groups is 1. The number of aryl methyl sites for hydroxylation is 2. The first-order valence-electron chi connectivity index (χ1n) is 11.5. The van der Waals surface area contributed by atoms with E-state index >= 15 is 0 Å². The number of aromatic nitrogens is 2. The van der Waals surface area contributed by atoms with Gasteiger partial charge >= 0.3 is 0 Å². The number of aliphatic imine (C=N–C) groups is 1. The number of hydrogen-bond donors (Lipinski definition) is 2. The van der Waals surface area contributed by atoms with Crippen molar-refractivity contribution in [3.05, 3.63) is 40.7 Å². The molecule has 2 aromatic rings. The SMILES string of the molecule is CCc1nn(C)c(CC)c1CNC(=NC)NC1CCN(Cc2cc(OC)cc(OC)c2)C1.I. The fourth-order valence-corrected chi connectivity index (χ4v) is 4.46. The van der Waals surface area contributed by atoms with Crippen LogP contribution in [0.1, 0.15) is 42.8 Å². The number of ether oxygens (including phenoxy) is 2. The molecule has 1 fully saturated rings. The molecule has 1 aliphatic heterocycles. The smallest absolute Gasteiger partial charge is 0.191 e. The van der Waals surface area contributed by atoms with E-state index in [1.165, 1.54) is 16.8 Å². The Balaban J connectivity index is 0.00000385. The van der Waals surface area contributed by atoms with E-state index in [0.29, 0.717) is 6.04 Å². The number of likely N-dealkylation sites (tertiary alicyclic amines) is 1. The highest BCUT2D eigenvalue weighted by molar-refractivity contribution is 14.0. The van der Waals surface area contributed by atoms with Crippen molar-refractivity contribution < 1.29 is 9.47 Å². The number of nitrogens with one attached hydrogen (secondary N) is 2. The summed E-state index contributed by atoms with van der Waals surface area (Å²) in [6, 6.07) is 6.42. The molecule has 0 radical (unpaired) electrons. The molecule has 8 nitrogen and oxygen atoms in total. The average Bonchev–Trinajstić information content (AvgIpc) is 3.38. The molecule has 1 saturated heterocycles. The van der Waals surface area contributed by atoms with Gasteiger partial charge in [-0.2, -0.15) is 5.10 Å². The monoisotopic (exact) mass is 570 g/mol. The number of halogens is 1. The number of rotatable bonds is 9. The van der Waals surface area contributed by atoms with Gasteiger partial charge in [0, 0.05) is 63.6 Å². The third kappa shape index (κ3) is 6.99. The van der Waals surface area contributed by atoms with Crippen LogP contribution in [-0.2, 0) is 33.0 Å².